The van der Waals surface area contributed by atoms with E-state index in [9.17, 15) is 18.0 Å². The number of hydrogen-bond donors (Lipinski definition) is 0. The second-order valence-electron chi connectivity index (χ2n) is 4.70. The van der Waals surface area contributed by atoms with Crippen LogP contribution in [0.5, 0.6) is 0 Å². The van der Waals surface area contributed by atoms with Crippen LogP contribution in [0.1, 0.15) is 35.2 Å². The van der Waals surface area contributed by atoms with E-state index >= 15 is 0 Å². The Kier molecular flexibility index (Phi) is 4.76. The summed E-state index contributed by atoms with van der Waals surface area (Å²) in [4.78, 5) is 18.9. The zero-order chi connectivity index (χ0) is 15.5. The summed E-state index contributed by atoms with van der Waals surface area (Å²) in [5.41, 5.74) is -1.90. The predicted octanol–water partition coefficient (Wildman–Crippen LogP) is 2.25. The summed E-state index contributed by atoms with van der Waals surface area (Å²) in [6, 6.07) is 0. The normalized spacial score (nSPS) is 18.8. The molecule has 0 amide bonds. The largest absolute Gasteiger partial charge is 0.462 e. The SMILES string of the molecule is CCOC(=O)c1cnc(CC2CCOC2)nc1C(F)(F)F. The van der Waals surface area contributed by atoms with E-state index in [1.807, 2.05) is 0 Å². The summed E-state index contributed by atoms with van der Waals surface area (Å²) in [5.74, 6) is -0.897. The molecule has 1 aliphatic heterocycles. The van der Waals surface area contributed by atoms with Gasteiger partial charge < -0.3 is 9.47 Å². The lowest BCUT2D eigenvalue weighted by atomic mass is 10.0. The van der Waals surface area contributed by atoms with Gasteiger partial charge in [0.05, 0.1) is 6.61 Å². The van der Waals surface area contributed by atoms with E-state index in [0.717, 1.165) is 12.6 Å². The monoisotopic (exact) mass is 304 g/mol. The Morgan fingerprint density at radius 1 is 1.52 bits per heavy atom. The van der Waals surface area contributed by atoms with Crippen LogP contribution in [0.4, 0.5) is 13.2 Å². The van der Waals surface area contributed by atoms with Gasteiger partial charge >= 0.3 is 12.1 Å². The van der Waals surface area contributed by atoms with E-state index in [1.54, 1.807) is 0 Å². The first kappa shape index (κ1) is 15.7. The third-order valence-corrected chi connectivity index (χ3v) is 3.10. The van der Waals surface area contributed by atoms with Crippen molar-refractivity contribution in [2.75, 3.05) is 19.8 Å². The zero-order valence-corrected chi connectivity index (χ0v) is 11.4. The summed E-state index contributed by atoms with van der Waals surface area (Å²) in [7, 11) is 0. The molecule has 1 aliphatic rings. The van der Waals surface area contributed by atoms with Crippen LogP contribution in [0.25, 0.3) is 0 Å². The number of rotatable bonds is 4. The molecule has 2 heterocycles. The van der Waals surface area contributed by atoms with Crippen molar-refractivity contribution in [1.82, 2.24) is 9.97 Å². The van der Waals surface area contributed by atoms with Crippen molar-refractivity contribution in [3.8, 4) is 0 Å². The number of aromatic nitrogens is 2. The van der Waals surface area contributed by atoms with Gasteiger partial charge in [0.15, 0.2) is 5.69 Å². The molecule has 1 unspecified atom stereocenters. The lowest BCUT2D eigenvalue weighted by molar-refractivity contribution is -0.142. The lowest BCUT2D eigenvalue weighted by Crippen LogP contribution is -2.20. The number of carbonyl (C=O) groups excluding carboxylic acids is 1. The minimum Gasteiger partial charge on any atom is -0.462 e. The highest BCUT2D eigenvalue weighted by atomic mass is 19.4. The Bertz CT molecular complexity index is 514. The second-order valence-corrected chi connectivity index (χ2v) is 4.70. The van der Waals surface area contributed by atoms with E-state index < -0.39 is 23.4 Å². The number of nitrogens with zero attached hydrogens (tertiary/aromatic N) is 2. The summed E-state index contributed by atoms with van der Waals surface area (Å²) in [6.07, 6.45) is -2.78. The van der Waals surface area contributed by atoms with Crippen molar-refractivity contribution in [2.45, 2.75) is 25.9 Å². The molecule has 0 aromatic carbocycles. The van der Waals surface area contributed by atoms with E-state index in [4.69, 9.17) is 4.74 Å². The van der Waals surface area contributed by atoms with Gasteiger partial charge in [0, 0.05) is 25.8 Å². The van der Waals surface area contributed by atoms with E-state index in [1.165, 1.54) is 6.92 Å². The number of carbonyl (C=O) groups is 1. The number of hydrogen-bond acceptors (Lipinski definition) is 5. The van der Waals surface area contributed by atoms with Gasteiger partial charge in [-0.2, -0.15) is 13.2 Å². The Morgan fingerprint density at radius 2 is 2.29 bits per heavy atom. The number of ether oxygens (including phenoxy) is 2. The second kappa shape index (κ2) is 6.38. The average Bonchev–Trinajstić information content (AvgIpc) is 2.91. The Balaban J connectivity index is 2.28. The van der Waals surface area contributed by atoms with Crippen LogP contribution in [0.3, 0.4) is 0 Å². The van der Waals surface area contributed by atoms with Gasteiger partial charge in [-0.1, -0.05) is 0 Å². The van der Waals surface area contributed by atoms with Gasteiger partial charge in [0.25, 0.3) is 0 Å². The van der Waals surface area contributed by atoms with Crippen molar-refractivity contribution >= 4 is 5.97 Å². The van der Waals surface area contributed by atoms with Crippen LogP contribution in [0.15, 0.2) is 6.20 Å². The van der Waals surface area contributed by atoms with Crippen LogP contribution >= 0.6 is 0 Å². The molecule has 1 fully saturated rings. The van der Waals surface area contributed by atoms with Crippen molar-refractivity contribution in [3.05, 3.63) is 23.3 Å². The maximum absolute atomic E-state index is 13.0. The van der Waals surface area contributed by atoms with Crippen LogP contribution in [0, 0.1) is 5.92 Å². The number of alkyl halides is 3. The smallest absolute Gasteiger partial charge is 0.434 e. The topological polar surface area (TPSA) is 61.3 Å². The molecule has 0 aliphatic carbocycles. The molecule has 1 aromatic heterocycles. The van der Waals surface area contributed by atoms with Crippen LogP contribution in [0.2, 0.25) is 0 Å². The fraction of sp³-hybridized carbons (Fsp3) is 0.615. The summed E-state index contributed by atoms with van der Waals surface area (Å²) in [6.45, 7) is 2.58. The fourth-order valence-corrected chi connectivity index (χ4v) is 2.09. The Morgan fingerprint density at radius 3 is 2.86 bits per heavy atom. The highest BCUT2D eigenvalue weighted by Crippen LogP contribution is 2.31. The fourth-order valence-electron chi connectivity index (χ4n) is 2.09. The molecule has 5 nitrogen and oxygen atoms in total. The van der Waals surface area contributed by atoms with Crippen LogP contribution < -0.4 is 0 Å². The highest BCUT2D eigenvalue weighted by molar-refractivity contribution is 5.90. The summed E-state index contributed by atoms with van der Waals surface area (Å²) in [5, 5.41) is 0. The minimum atomic E-state index is -4.73. The molecular weight excluding hydrogens is 289 g/mol. The standard InChI is InChI=1S/C13H15F3N2O3/c1-2-21-12(19)9-6-17-10(5-8-3-4-20-7-8)18-11(9)13(14,15)16/h6,8H,2-5,7H2,1H3. The lowest BCUT2D eigenvalue weighted by Gasteiger charge is -2.13. The maximum atomic E-state index is 13.0. The molecule has 0 spiro atoms. The molecule has 2 rings (SSSR count). The third kappa shape index (κ3) is 3.90. The first-order chi connectivity index (χ1) is 9.91. The van der Waals surface area contributed by atoms with Gasteiger partial charge in [-0.25, -0.2) is 14.8 Å². The van der Waals surface area contributed by atoms with E-state index in [-0.39, 0.29) is 18.3 Å². The van der Waals surface area contributed by atoms with Gasteiger partial charge in [-0.15, -0.1) is 0 Å². The summed E-state index contributed by atoms with van der Waals surface area (Å²) < 4.78 is 48.8. The third-order valence-electron chi connectivity index (χ3n) is 3.10. The molecular formula is C13H15F3N2O3. The summed E-state index contributed by atoms with van der Waals surface area (Å²) >= 11 is 0. The van der Waals surface area contributed by atoms with Crippen molar-refractivity contribution < 1.29 is 27.4 Å². The van der Waals surface area contributed by atoms with Crippen molar-refractivity contribution in [2.24, 2.45) is 5.92 Å². The number of esters is 1. The molecule has 0 N–H and O–H groups in total. The van der Waals surface area contributed by atoms with Gasteiger partial charge in [-0.05, 0) is 19.3 Å². The average molecular weight is 304 g/mol. The predicted molar refractivity (Wildman–Crippen MR) is 65.6 cm³/mol. The molecule has 0 saturated carbocycles. The maximum Gasteiger partial charge on any atom is 0.434 e. The zero-order valence-electron chi connectivity index (χ0n) is 11.4. The molecule has 0 bridgehead atoms. The molecule has 116 valence electrons. The van der Waals surface area contributed by atoms with Gasteiger partial charge in [0.1, 0.15) is 11.4 Å². The molecule has 1 atom stereocenters. The molecule has 1 saturated heterocycles. The Labute approximate surface area is 119 Å². The van der Waals surface area contributed by atoms with Crippen molar-refractivity contribution in [3.63, 3.8) is 0 Å². The van der Waals surface area contributed by atoms with E-state index in [0.29, 0.717) is 19.6 Å². The van der Waals surface area contributed by atoms with Gasteiger partial charge in [0.2, 0.25) is 0 Å². The minimum absolute atomic E-state index is 0.0166. The van der Waals surface area contributed by atoms with Crippen LogP contribution in [-0.4, -0.2) is 35.8 Å². The van der Waals surface area contributed by atoms with Gasteiger partial charge in [-0.3, -0.25) is 0 Å². The quantitative estimate of drug-likeness (QED) is 0.798. The molecule has 21 heavy (non-hydrogen) atoms. The Hall–Kier alpha value is -1.70. The first-order valence-electron chi connectivity index (χ1n) is 6.59. The highest BCUT2D eigenvalue weighted by Gasteiger charge is 2.38. The first-order valence-corrected chi connectivity index (χ1v) is 6.59. The van der Waals surface area contributed by atoms with Crippen LogP contribution in [-0.2, 0) is 22.1 Å². The van der Waals surface area contributed by atoms with E-state index in [2.05, 4.69) is 14.7 Å². The molecule has 0 radical (unpaired) electrons. The molecule has 1 aromatic rings. The van der Waals surface area contributed by atoms with Crippen molar-refractivity contribution in [1.29, 1.82) is 0 Å². The molecule has 8 heteroatoms. The number of halogens is 3.